The average molecular weight is 587 g/mol. The molecule has 0 aromatic heterocycles. The van der Waals surface area contributed by atoms with Crippen LogP contribution in [0.3, 0.4) is 0 Å². The number of hydrogen-bond acceptors (Lipinski definition) is 4. The van der Waals surface area contributed by atoms with E-state index in [2.05, 4.69) is 10.6 Å². The summed E-state index contributed by atoms with van der Waals surface area (Å²) in [6.07, 6.45) is 0.0760. The highest BCUT2D eigenvalue weighted by atomic mass is 127. The number of halogens is 2. The molecule has 4 rings (SSSR count). The van der Waals surface area contributed by atoms with E-state index in [1.807, 2.05) is 53.8 Å². The lowest BCUT2D eigenvalue weighted by Crippen LogP contribution is -2.49. The molecule has 1 heterocycles. The Morgan fingerprint density at radius 2 is 1.80 bits per heavy atom. The van der Waals surface area contributed by atoms with Crippen LogP contribution in [0.15, 0.2) is 66.7 Å². The van der Waals surface area contributed by atoms with Crippen molar-refractivity contribution in [3.8, 4) is 5.75 Å². The Labute approximate surface area is 215 Å². The van der Waals surface area contributed by atoms with Gasteiger partial charge in [-0.05, 0) is 71.0 Å². The predicted octanol–water partition coefficient (Wildman–Crippen LogP) is 4.59. The van der Waals surface area contributed by atoms with Crippen molar-refractivity contribution in [3.05, 3.63) is 92.8 Å². The van der Waals surface area contributed by atoms with Crippen molar-refractivity contribution >= 4 is 46.1 Å². The van der Waals surface area contributed by atoms with E-state index in [4.69, 9.17) is 4.74 Å². The van der Waals surface area contributed by atoms with Crippen LogP contribution in [0, 0.1) is 16.3 Å². The highest BCUT2D eigenvalue weighted by molar-refractivity contribution is 14.1. The summed E-state index contributed by atoms with van der Waals surface area (Å²) in [4.78, 5) is 40.6. The first-order valence-corrected chi connectivity index (χ1v) is 11.9. The number of carbonyl (C=O) groups is 3. The van der Waals surface area contributed by atoms with E-state index in [9.17, 15) is 18.8 Å². The monoisotopic (exact) mass is 587 g/mol. The Hall–Kier alpha value is -3.47. The van der Waals surface area contributed by atoms with Gasteiger partial charge in [0.05, 0.1) is 12.8 Å². The van der Waals surface area contributed by atoms with Crippen LogP contribution < -0.4 is 15.4 Å². The summed E-state index contributed by atoms with van der Waals surface area (Å²) in [7, 11) is 1.53. The zero-order valence-corrected chi connectivity index (χ0v) is 21.2. The van der Waals surface area contributed by atoms with Gasteiger partial charge in [-0.15, -0.1) is 0 Å². The lowest BCUT2D eigenvalue weighted by Gasteiger charge is -2.25. The molecule has 0 radical (unpaired) electrons. The minimum absolute atomic E-state index is 0.0249. The molecule has 3 aromatic rings. The van der Waals surface area contributed by atoms with Gasteiger partial charge >= 0.3 is 6.03 Å². The second-order valence-electron chi connectivity index (χ2n) is 8.18. The molecule has 1 fully saturated rings. The predicted molar refractivity (Wildman–Crippen MR) is 138 cm³/mol. The molecule has 7 nitrogen and oxygen atoms in total. The second-order valence-corrected chi connectivity index (χ2v) is 9.43. The normalized spacial score (nSPS) is 16.1. The van der Waals surface area contributed by atoms with Crippen molar-refractivity contribution in [2.24, 2.45) is 0 Å². The number of imide groups is 1. The number of amides is 4. The molecule has 180 valence electrons. The van der Waals surface area contributed by atoms with E-state index in [-0.39, 0.29) is 12.1 Å². The van der Waals surface area contributed by atoms with Crippen molar-refractivity contribution in [1.82, 2.24) is 10.2 Å². The summed E-state index contributed by atoms with van der Waals surface area (Å²) in [6, 6.07) is 15.7. The highest BCUT2D eigenvalue weighted by Crippen LogP contribution is 2.27. The summed E-state index contributed by atoms with van der Waals surface area (Å²) in [6.45, 7) is 1.93. The van der Waals surface area contributed by atoms with E-state index in [1.165, 1.54) is 19.2 Å². The Morgan fingerprint density at radius 1 is 1.11 bits per heavy atom. The molecule has 0 unspecified atom stereocenters. The van der Waals surface area contributed by atoms with E-state index < -0.39 is 35.7 Å². The van der Waals surface area contributed by atoms with Gasteiger partial charge in [-0.25, -0.2) is 14.1 Å². The first kappa shape index (κ1) is 24.6. The first-order chi connectivity index (χ1) is 16.8. The Morgan fingerprint density at radius 3 is 2.43 bits per heavy atom. The number of anilines is 1. The molecule has 0 bridgehead atoms. The van der Waals surface area contributed by atoms with Gasteiger partial charge in [0.1, 0.15) is 23.7 Å². The maximum absolute atomic E-state index is 14.4. The molecule has 1 aliphatic heterocycles. The highest BCUT2D eigenvalue weighted by Gasteiger charge is 2.45. The topological polar surface area (TPSA) is 87.7 Å². The van der Waals surface area contributed by atoms with Crippen LogP contribution in [-0.4, -0.2) is 35.9 Å². The summed E-state index contributed by atoms with van der Waals surface area (Å²) in [5.41, 5.74) is 2.32. The fourth-order valence-electron chi connectivity index (χ4n) is 3.87. The number of hydrogen-bond donors (Lipinski definition) is 2. The van der Waals surface area contributed by atoms with Crippen LogP contribution in [-0.2, 0) is 16.0 Å². The number of urea groups is 1. The molecule has 3 aromatic carbocycles. The van der Waals surface area contributed by atoms with Gasteiger partial charge < -0.3 is 15.4 Å². The van der Waals surface area contributed by atoms with Gasteiger partial charge in [0.2, 0.25) is 5.91 Å². The summed E-state index contributed by atoms with van der Waals surface area (Å²) >= 11 is 1.97. The largest absolute Gasteiger partial charge is 0.497 e. The van der Waals surface area contributed by atoms with Crippen LogP contribution in [0.25, 0.3) is 0 Å². The second kappa shape index (κ2) is 10.4. The lowest BCUT2D eigenvalue weighted by molar-refractivity contribution is -0.134. The number of nitrogens with zero attached hydrogens (tertiary/aromatic N) is 1. The number of carbonyl (C=O) groups excluding carboxylic acids is 3. The zero-order valence-electron chi connectivity index (χ0n) is 19.0. The third-order valence-corrected chi connectivity index (χ3v) is 6.44. The standard InChI is InChI=1S/C26H23FIN3O4/c1-15-3-5-16(6-4-15)13-22(24(32)29-21-12-9-18(28)14-20(21)27)31-25(33)23(30-26(31)34)17-7-10-19(35-2)11-8-17/h3-12,14,22-23H,13H2,1-2H3,(H,29,32)(H,30,34)/t22-,23+/m0/s1. The quantitative estimate of drug-likeness (QED) is 0.313. The lowest BCUT2D eigenvalue weighted by atomic mass is 10.0. The molecular weight excluding hydrogens is 564 g/mol. The molecule has 0 saturated carbocycles. The Bertz CT molecular complexity index is 1260. The third kappa shape index (κ3) is 5.45. The van der Waals surface area contributed by atoms with Crippen LogP contribution in [0.2, 0.25) is 0 Å². The number of rotatable bonds is 7. The van der Waals surface area contributed by atoms with Crippen LogP contribution in [0.4, 0.5) is 14.9 Å². The van der Waals surface area contributed by atoms with E-state index in [1.54, 1.807) is 30.3 Å². The zero-order chi connectivity index (χ0) is 25.1. The molecule has 0 spiro atoms. The average Bonchev–Trinajstić information content (AvgIpc) is 3.14. The smallest absolute Gasteiger partial charge is 0.325 e. The van der Waals surface area contributed by atoms with E-state index in [0.717, 1.165) is 16.0 Å². The van der Waals surface area contributed by atoms with Crippen LogP contribution >= 0.6 is 22.6 Å². The first-order valence-electron chi connectivity index (χ1n) is 10.9. The van der Waals surface area contributed by atoms with E-state index >= 15 is 0 Å². The van der Waals surface area contributed by atoms with Gasteiger partial charge in [0, 0.05) is 9.99 Å². The SMILES string of the molecule is COc1ccc([C@H]2NC(=O)N([C@@H](Cc3ccc(C)cc3)C(=O)Nc3ccc(I)cc3F)C2=O)cc1. The molecule has 35 heavy (non-hydrogen) atoms. The molecule has 1 saturated heterocycles. The van der Waals surface area contributed by atoms with Crippen molar-refractivity contribution < 1.29 is 23.5 Å². The minimum atomic E-state index is -1.19. The van der Waals surface area contributed by atoms with Crippen molar-refractivity contribution in [2.45, 2.75) is 25.4 Å². The van der Waals surface area contributed by atoms with E-state index in [0.29, 0.717) is 14.9 Å². The maximum atomic E-state index is 14.4. The maximum Gasteiger partial charge on any atom is 0.325 e. The number of aryl methyl sites for hydroxylation is 1. The fraction of sp³-hybridized carbons (Fsp3) is 0.192. The molecule has 1 aliphatic rings. The molecular formula is C26H23FIN3O4. The van der Waals surface area contributed by atoms with Gasteiger partial charge in [-0.3, -0.25) is 9.59 Å². The molecule has 4 amide bonds. The third-order valence-electron chi connectivity index (χ3n) is 5.77. The molecule has 2 atom stereocenters. The van der Waals surface area contributed by atoms with Gasteiger partial charge in [-0.2, -0.15) is 0 Å². The Kier molecular flexibility index (Phi) is 7.34. The number of methoxy groups -OCH3 is 1. The fourth-order valence-corrected chi connectivity index (χ4v) is 4.32. The molecule has 2 N–H and O–H groups in total. The summed E-state index contributed by atoms with van der Waals surface area (Å²) in [5.74, 6) is -1.22. The molecule has 9 heteroatoms. The molecule has 0 aliphatic carbocycles. The summed E-state index contributed by atoms with van der Waals surface area (Å²) < 4.78 is 20.3. The van der Waals surface area contributed by atoms with Crippen LogP contribution in [0.5, 0.6) is 5.75 Å². The Balaban J connectivity index is 1.64. The van der Waals surface area contributed by atoms with Gasteiger partial charge in [0.15, 0.2) is 0 Å². The number of benzene rings is 3. The van der Waals surface area contributed by atoms with Gasteiger partial charge in [-0.1, -0.05) is 42.0 Å². The van der Waals surface area contributed by atoms with Crippen molar-refractivity contribution in [3.63, 3.8) is 0 Å². The minimum Gasteiger partial charge on any atom is -0.497 e. The summed E-state index contributed by atoms with van der Waals surface area (Å²) in [5, 5.41) is 5.21. The number of nitrogens with one attached hydrogen (secondary N) is 2. The van der Waals surface area contributed by atoms with Gasteiger partial charge in [0.25, 0.3) is 5.91 Å². The van der Waals surface area contributed by atoms with Crippen molar-refractivity contribution in [2.75, 3.05) is 12.4 Å². The van der Waals surface area contributed by atoms with Crippen LogP contribution in [0.1, 0.15) is 22.7 Å². The number of ether oxygens (including phenoxy) is 1. The van der Waals surface area contributed by atoms with Crippen molar-refractivity contribution in [1.29, 1.82) is 0 Å².